The van der Waals surface area contributed by atoms with Gasteiger partial charge in [0.05, 0.1) is 5.56 Å². The van der Waals surface area contributed by atoms with Crippen LogP contribution < -0.4 is 0 Å². The lowest BCUT2D eigenvalue weighted by molar-refractivity contribution is 0.0696. The molecule has 0 unspecified atom stereocenters. The molecule has 0 aliphatic carbocycles. The predicted octanol–water partition coefficient (Wildman–Crippen LogP) is 3.80. The van der Waals surface area contributed by atoms with Crippen molar-refractivity contribution in [2.24, 2.45) is 0 Å². The van der Waals surface area contributed by atoms with Gasteiger partial charge in [-0.25, -0.2) is 4.79 Å². The third kappa shape index (κ3) is 3.06. The van der Waals surface area contributed by atoms with E-state index < -0.39 is 5.97 Å². The minimum absolute atomic E-state index is 0.360. The van der Waals surface area contributed by atoms with Gasteiger partial charge in [0, 0.05) is 4.47 Å². The van der Waals surface area contributed by atoms with Crippen LogP contribution in [0.3, 0.4) is 0 Å². The minimum atomic E-state index is -0.867. The molecule has 0 radical (unpaired) electrons. The van der Waals surface area contributed by atoms with Gasteiger partial charge in [0.25, 0.3) is 0 Å². The average molecular weight is 271 g/mol. The molecule has 1 N–H and O–H groups in total. The van der Waals surface area contributed by atoms with Gasteiger partial charge < -0.3 is 5.11 Å². The van der Waals surface area contributed by atoms with Crippen LogP contribution in [-0.4, -0.2) is 11.1 Å². The zero-order valence-electron chi connectivity index (χ0n) is 9.01. The van der Waals surface area contributed by atoms with Crippen LogP contribution in [-0.2, 0) is 6.42 Å². The number of halogens is 1. The van der Waals surface area contributed by atoms with E-state index in [1.807, 2.05) is 6.92 Å². The normalized spacial score (nSPS) is 10.3. The smallest absolute Gasteiger partial charge is 0.335 e. The highest BCUT2D eigenvalue weighted by atomic mass is 79.9. The topological polar surface area (TPSA) is 37.3 Å². The second-order valence-corrected chi connectivity index (χ2v) is 4.51. The summed E-state index contributed by atoms with van der Waals surface area (Å²) >= 11 is 3.39. The Kier molecular flexibility index (Phi) is 4.33. The molecule has 0 heterocycles. The van der Waals surface area contributed by atoms with Gasteiger partial charge in [0.2, 0.25) is 0 Å². The first-order valence-electron chi connectivity index (χ1n) is 5.08. The van der Waals surface area contributed by atoms with E-state index in [2.05, 4.69) is 22.9 Å². The molecule has 0 spiro atoms. The second kappa shape index (κ2) is 5.31. The number of carboxylic acids is 1. The van der Waals surface area contributed by atoms with Crippen molar-refractivity contribution in [3.05, 3.63) is 33.3 Å². The summed E-state index contributed by atoms with van der Waals surface area (Å²) in [5.41, 5.74) is 2.63. The van der Waals surface area contributed by atoms with Crippen molar-refractivity contribution >= 4 is 21.9 Å². The molecule has 15 heavy (non-hydrogen) atoms. The molecule has 0 aliphatic heterocycles. The third-order valence-electron chi connectivity index (χ3n) is 2.50. The van der Waals surface area contributed by atoms with Gasteiger partial charge in [0.15, 0.2) is 0 Å². The fourth-order valence-corrected chi connectivity index (χ4v) is 1.99. The number of carboxylic acid groups (broad SMARTS) is 1. The summed E-state index contributed by atoms with van der Waals surface area (Å²) in [7, 11) is 0. The molecule has 0 amide bonds. The standard InChI is InChI=1S/C12H15BrO2/c1-3-4-5-9-6-10(12(14)15)7-11(13)8(9)2/h6-7H,3-5H2,1-2H3,(H,14,15). The van der Waals surface area contributed by atoms with Crippen molar-refractivity contribution in [3.63, 3.8) is 0 Å². The summed E-state index contributed by atoms with van der Waals surface area (Å²) in [6, 6.07) is 3.44. The Hall–Kier alpha value is -0.830. The Bertz CT molecular complexity index is 372. The van der Waals surface area contributed by atoms with Crippen LogP contribution in [0.15, 0.2) is 16.6 Å². The van der Waals surface area contributed by atoms with E-state index >= 15 is 0 Å². The van der Waals surface area contributed by atoms with E-state index in [1.54, 1.807) is 12.1 Å². The summed E-state index contributed by atoms with van der Waals surface area (Å²) in [6.45, 7) is 4.14. The van der Waals surface area contributed by atoms with Gasteiger partial charge in [-0.1, -0.05) is 29.3 Å². The summed E-state index contributed by atoms with van der Waals surface area (Å²) in [6.07, 6.45) is 3.16. The molecule has 1 aromatic carbocycles. The predicted molar refractivity (Wildman–Crippen MR) is 64.5 cm³/mol. The molecule has 0 bridgehead atoms. The number of hydrogen-bond acceptors (Lipinski definition) is 1. The van der Waals surface area contributed by atoms with Crippen molar-refractivity contribution in [1.82, 2.24) is 0 Å². The maximum atomic E-state index is 10.9. The Morgan fingerprint density at radius 2 is 2.13 bits per heavy atom. The highest BCUT2D eigenvalue weighted by Gasteiger charge is 2.09. The first-order chi connectivity index (χ1) is 7.06. The fraction of sp³-hybridized carbons (Fsp3) is 0.417. The van der Waals surface area contributed by atoms with Crippen LogP contribution in [0.25, 0.3) is 0 Å². The van der Waals surface area contributed by atoms with Crippen molar-refractivity contribution in [3.8, 4) is 0 Å². The molecule has 2 nitrogen and oxygen atoms in total. The van der Waals surface area contributed by atoms with Crippen molar-refractivity contribution in [2.75, 3.05) is 0 Å². The van der Waals surface area contributed by atoms with Crippen LogP contribution in [0, 0.1) is 6.92 Å². The molecule has 82 valence electrons. The fourth-order valence-electron chi connectivity index (χ4n) is 1.49. The van der Waals surface area contributed by atoms with Gasteiger partial charge in [-0.05, 0) is 43.0 Å². The SMILES string of the molecule is CCCCc1cc(C(=O)O)cc(Br)c1C. The molecule has 0 saturated heterocycles. The number of benzene rings is 1. The second-order valence-electron chi connectivity index (χ2n) is 3.65. The Morgan fingerprint density at radius 3 is 2.67 bits per heavy atom. The molecule has 0 fully saturated rings. The Balaban J connectivity index is 3.07. The monoisotopic (exact) mass is 270 g/mol. The third-order valence-corrected chi connectivity index (χ3v) is 3.32. The van der Waals surface area contributed by atoms with Crippen LogP contribution >= 0.6 is 15.9 Å². The van der Waals surface area contributed by atoms with E-state index in [1.165, 1.54) is 0 Å². The first kappa shape index (κ1) is 12.2. The number of hydrogen-bond donors (Lipinski definition) is 1. The largest absolute Gasteiger partial charge is 0.478 e. The quantitative estimate of drug-likeness (QED) is 0.904. The molecular formula is C12H15BrO2. The van der Waals surface area contributed by atoms with E-state index in [9.17, 15) is 4.79 Å². The van der Waals surface area contributed by atoms with Crippen LogP contribution in [0.5, 0.6) is 0 Å². The maximum Gasteiger partial charge on any atom is 0.335 e. The van der Waals surface area contributed by atoms with Crippen LogP contribution in [0.2, 0.25) is 0 Å². The average Bonchev–Trinajstić information content (AvgIpc) is 2.19. The molecular weight excluding hydrogens is 256 g/mol. The van der Waals surface area contributed by atoms with Crippen molar-refractivity contribution < 1.29 is 9.90 Å². The first-order valence-corrected chi connectivity index (χ1v) is 5.88. The van der Waals surface area contributed by atoms with E-state index in [0.717, 1.165) is 34.9 Å². The molecule has 0 aromatic heterocycles. The van der Waals surface area contributed by atoms with Crippen molar-refractivity contribution in [2.45, 2.75) is 33.1 Å². The van der Waals surface area contributed by atoms with E-state index in [-0.39, 0.29) is 0 Å². The lowest BCUT2D eigenvalue weighted by atomic mass is 10.0. The summed E-state index contributed by atoms with van der Waals surface area (Å²) in [4.78, 5) is 10.9. The van der Waals surface area contributed by atoms with Crippen LogP contribution in [0.4, 0.5) is 0 Å². The lowest BCUT2D eigenvalue weighted by Crippen LogP contribution is -2.00. The van der Waals surface area contributed by atoms with Gasteiger partial charge in [-0.2, -0.15) is 0 Å². The van der Waals surface area contributed by atoms with E-state index in [4.69, 9.17) is 5.11 Å². The minimum Gasteiger partial charge on any atom is -0.478 e. The zero-order chi connectivity index (χ0) is 11.4. The molecule has 1 rings (SSSR count). The Labute approximate surface area is 98.4 Å². The highest BCUT2D eigenvalue weighted by Crippen LogP contribution is 2.23. The molecule has 0 aliphatic rings. The summed E-state index contributed by atoms with van der Waals surface area (Å²) < 4.78 is 0.883. The molecule has 0 atom stereocenters. The van der Waals surface area contributed by atoms with Gasteiger partial charge >= 0.3 is 5.97 Å². The number of carbonyl (C=O) groups is 1. The maximum absolute atomic E-state index is 10.9. The molecule has 1 aromatic rings. The van der Waals surface area contributed by atoms with Crippen molar-refractivity contribution in [1.29, 1.82) is 0 Å². The number of aromatic carboxylic acids is 1. The number of aryl methyl sites for hydroxylation is 1. The van der Waals surface area contributed by atoms with Gasteiger partial charge in [0.1, 0.15) is 0 Å². The number of unbranched alkanes of at least 4 members (excludes halogenated alkanes) is 1. The summed E-state index contributed by atoms with van der Waals surface area (Å²) in [5.74, 6) is -0.867. The zero-order valence-corrected chi connectivity index (χ0v) is 10.6. The highest BCUT2D eigenvalue weighted by molar-refractivity contribution is 9.10. The van der Waals surface area contributed by atoms with Crippen LogP contribution in [0.1, 0.15) is 41.3 Å². The molecule has 0 saturated carbocycles. The molecule has 3 heteroatoms. The summed E-state index contributed by atoms with van der Waals surface area (Å²) in [5, 5.41) is 8.93. The Morgan fingerprint density at radius 1 is 1.47 bits per heavy atom. The number of rotatable bonds is 4. The van der Waals surface area contributed by atoms with Gasteiger partial charge in [-0.15, -0.1) is 0 Å². The van der Waals surface area contributed by atoms with Gasteiger partial charge in [-0.3, -0.25) is 0 Å². The lowest BCUT2D eigenvalue weighted by Gasteiger charge is -2.08. The van der Waals surface area contributed by atoms with E-state index in [0.29, 0.717) is 5.56 Å².